The predicted molar refractivity (Wildman–Crippen MR) is 136 cm³/mol. The summed E-state index contributed by atoms with van der Waals surface area (Å²) in [5.74, 6) is 0. The molecule has 0 aromatic rings. The van der Waals surface area contributed by atoms with Gasteiger partial charge in [0, 0.05) is 26.2 Å². The smallest absolute Gasteiger partial charge is 0.173 e. The van der Waals surface area contributed by atoms with Crippen molar-refractivity contribution in [1.29, 1.82) is 0 Å². The van der Waals surface area contributed by atoms with Crippen molar-refractivity contribution in [3.05, 3.63) is 0 Å². The van der Waals surface area contributed by atoms with Gasteiger partial charge < -0.3 is 24.5 Å². The topological polar surface area (TPSA) is 39.8 Å². The minimum Gasteiger partial charge on any atom is -0.455 e. The van der Waals surface area contributed by atoms with E-state index in [1.54, 1.807) is 0 Å². The maximum absolute atomic E-state index is 6.79. The minimum absolute atomic E-state index is 1.10. The molecule has 0 fully saturated rings. The highest BCUT2D eigenvalue weighted by atomic mass is 28.4. The summed E-state index contributed by atoms with van der Waals surface area (Å²) >= 11 is 0. The summed E-state index contributed by atoms with van der Waals surface area (Å²) in [7, 11) is -3.10. The van der Waals surface area contributed by atoms with Gasteiger partial charge in [-0.2, -0.15) is 0 Å². The second-order valence-corrected chi connectivity index (χ2v) is 18.2. The van der Waals surface area contributed by atoms with Crippen molar-refractivity contribution in [3.8, 4) is 0 Å². The molecule has 2 N–H and O–H groups in total. The van der Waals surface area contributed by atoms with Crippen LogP contribution in [0, 0.1) is 0 Å². The van der Waals surface area contributed by atoms with E-state index >= 15 is 0 Å². The highest BCUT2D eigenvalue weighted by Gasteiger charge is 2.32. The molecule has 0 saturated heterocycles. The van der Waals surface area contributed by atoms with Crippen LogP contribution in [0.4, 0.5) is 0 Å². The van der Waals surface area contributed by atoms with Gasteiger partial charge in [0.15, 0.2) is 16.6 Å². The number of nitrogens with zero attached hydrogens (tertiary/aromatic N) is 2. The Kier molecular flexibility index (Phi) is 17.0. The van der Waals surface area contributed by atoms with E-state index in [1.807, 2.05) is 0 Å². The molecule has 7 heteroatoms. The van der Waals surface area contributed by atoms with Gasteiger partial charge in [0.05, 0.1) is 0 Å². The van der Waals surface area contributed by atoms with Crippen molar-refractivity contribution < 1.29 is 4.12 Å². The van der Waals surface area contributed by atoms with Crippen molar-refractivity contribution >= 4 is 16.6 Å². The van der Waals surface area contributed by atoms with Gasteiger partial charge in [-0.1, -0.05) is 27.7 Å². The lowest BCUT2D eigenvalue weighted by atomic mass is 10.4. The summed E-state index contributed by atoms with van der Waals surface area (Å²) in [5.41, 5.74) is 0. The van der Waals surface area contributed by atoms with E-state index in [2.05, 4.69) is 74.3 Å². The Hall–Kier alpha value is 0.234. The van der Waals surface area contributed by atoms with Crippen molar-refractivity contribution in [2.75, 3.05) is 65.4 Å². The fourth-order valence-electron chi connectivity index (χ4n) is 3.93. The highest BCUT2D eigenvalue weighted by molar-refractivity contribution is 6.84. The first-order chi connectivity index (χ1) is 13.7. The first kappa shape index (κ1) is 29.2. The quantitative estimate of drug-likeness (QED) is 0.218. The van der Waals surface area contributed by atoms with Crippen LogP contribution in [0.5, 0.6) is 0 Å². The normalized spacial score (nSPS) is 13.0. The summed E-state index contributed by atoms with van der Waals surface area (Å²) in [6, 6.07) is 2.54. The second-order valence-electron chi connectivity index (χ2n) is 9.38. The molecule has 29 heavy (non-hydrogen) atoms. The van der Waals surface area contributed by atoms with Gasteiger partial charge >= 0.3 is 0 Å². The maximum atomic E-state index is 6.79. The molecule has 0 spiro atoms. The van der Waals surface area contributed by atoms with Gasteiger partial charge in [-0.25, -0.2) is 0 Å². The Labute approximate surface area is 185 Å². The van der Waals surface area contributed by atoms with Gasteiger partial charge in [0.25, 0.3) is 0 Å². The van der Waals surface area contributed by atoms with Gasteiger partial charge in [-0.05, 0) is 90.4 Å². The molecule has 176 valence electrons. The Bertz CT molecular complexity index is 342. The van der Waals surface area contributed by atoms with E-state index in [-0.39, 0.29) is 0 Å². The third kappa shape index (κ3) is 16.6. The van der Waals surface area contributed by atoms with Crippen molar-refractivity contribution in [3.63, 3.8) is 0 Å². The lowest BCUT2D eigenvalue weighted by molar-refractivity contribution is 0.302. The van der Waals surface area contributed by atoms with Crippen LogP contribution in [-0.2, 0) is 4.12 Å². The Morgan fingerprint density at radius 1 is 0.586 bits per heavy atom. The molecule has 0 aliphatic rings. The monoisotopic (exact) mass is 446 g/mol. The molecule has 0 aromatic heterocycles. The zero-order chi connectivity index (χ0) is 22.2. The molecule has 0 aliphatic heterocycles. The highest BCUT2D eigenvalue weighted by Crippen LogP contribution is 2.23. The number of hydrogen-bond acceptors (Lipinski definition) is 5. The average molecular weight is 447 g/mol. The summed E-state index contributed by atoms with van der Waals surface area (Å²) in [6.07, 6.45) is 2.49. The molecule has 0 aromatic carbocycles. The van der Waals surface area contributed by atoms with Crippen LogP contribution in [0.1, 0.15) is 40.5 Å². The zero-order valence-corrected chi connectivity index (χ0v) is 23.2. The van der Waals surface area contributed by atoms with Crippen LogP contribution in [0.25, 0.3) is 0 Å². The van der Waals surface area contributed by atoms with Gasteiger partial charge in [-0.15, -0.1) is 0 Å². The van der Waals surface area contributed by atoms with E-state index in [9.17, 15) is 0 Å². The molecule has 0 bridgehead atoms. The van der Waals surface area contributed by atoms with Crippen LogP contribution in [-0.4, -0.2) is 91.9 Å². The Balaban J connectivity index is 3.89. The van der Waals surface area contributed by atoms with E-state index in [4.69, 9.17) is 4.12 Å². The summed E-state index contributed by atoms with van der Waals surface area (Å²) in [6.45, 7) is 30.0. The van der Waals surface area contributed by atoms with Crippen LogP contribution in [0.2, 0.25) is 38.3 Å². The molecule has 0 heterocycles. The molecule has 0 atom stereocenters. The third-order valence-corrected chi connectivity index (χ3v) is 13.4. The molecular formula is C22H54N4OSi2. The molecular weight excluding hydrogens is 392 g/mol. The van der Waals surface area contributed by atoms with Crippen molar-refractivity contribution in [2.24, 2.45) is 0 Å². The molecule has 0 aliphatic carbocycles. The fourth-order valence-corrected chi connectivity index (χ4v) is 12.8. The summed E-state index contributed by atoms with van der Waals surface area (Å²) < 4.78 is 6.79. The van der Waals surface area contributed by atoms with Gasteiger partial charge in [0.1, 0.15) is 0 Å². The predicted octanol–water partition coefficient (Wildman–Crippen LogP) is 4.06. The van der Waals surface area contributed by atoms with Crippen LogP contribution in [0.15, 0.2) is 0 Å². The maximum Gasteiger partial charge on any atom is 0.173 e. The number of nitrogens with one attached hydrogen (secondary N) is 2. The van der Waals surface area contributed by atoms with E-state index in [1.165, 1.54) is 24.9 Å². The number of likely N-dealkylation sites (N-methyl/N-ethyl adjacent to an activating group) is 2. The summed E-state index contributed by atoms with van der Waals surface area (Å²) in [4.78, 5) is 4.95. The number of rotatable bonds is 20. The largest absolute Gasteiger partial charge is 0.455 e. The van der Waals surface area contributed by atoms with E-state index < -0.39 is 16.6 Å². The van der Waals surface area contributed by atoms with Crippen molar-refractivity contribution in [2.45, 2.75) is 78.8 Å². The van der Waals surface area contributed by atoms with Crippen molar-refractivity contribution in [1.82, 2.24) is 20.4 Å². The number of hydrogen-bond donors (Lipinski definition) is 2. The molecule has 0 radical (unpaired) electrons. The molecule has 0 amide bonds. The first-order valence-electron chi connectivity index (χ1n) is 12.3. The zero-order valence-electron chi connectivity index (χ0n) is 21.2. The van der Waals surface area contributed by atoms with Crippen LogP contribution in [0.3, 0.4) is 0 Å². The Morgan fingerprint density at radius 3 is 1.24 bits per heavy atom. The second kappa shape index (κ2) is 16.9. The SMILES string of the molecule is CCN(CC)CCNCCC[Si](C)(C)O[Si](C)(C)CCCNCCN(CC)CC. The van der Waals surface area contributed by atoms with Crippen LogP contribution >= 0.6 is 0 Å². The van der Waals surface area contributed by atoms with Crippen LogP contribution < -0.4 is 10.6 Å². The molecule has 0 rings (SSSR count). The first-order valence-corrected chi connectivity index (χ1v) is 18.5. The van der Waals surface area contributed by atoms with E-state index in [0.29, 0.717) is 0 Å². The molecule has 0 saturated carbocycles. The summed E-state index contributed by atoms with van der Waals surface area (Å²) in [5, 5.41) is 7.23. The molecule has 0 unspecified atom stereocenters. The lowest BCUT2D eigenvalue weighted by Crippen LogP contribution is -2.45. The fraction of sp³-hybridized carbons (Fsp3) is 1.00. The standard InChI is InChI=1S/C22H54N4OSi2/c1-9-25(10-2)19-17-23-15-13-21-28(5,6)27-29(7,8)22-14-16-24-18-20-26(11-3)12-4/h23-24H,9-22H2,1-8H3. The Morgan fingerprint density at radius 2 is 0.931 bits per heavy atom. The minimum atomic E-state index is -1.55. The third-order valence-electron chi connectivity index (χ3n) is 5.82. The average Bonchev–Trinajstić information content (AvgIpc) is 2.66. The van der Waals surface area contributed by atoms with Gasteiger partial charge in [-0.3, -0.25) is 0 Å². The molecule has 5 nitrogen and oxygen atoms in total. The van der Waals surface area contributed by atoms with Gasteiger partial charge in [0.2, 0.25) is 0 Å². The lowest BCUT2D eigenvalue weighted by Gasteiger charge is -2.34. The van der Waals surface area contributed by atoms with E-state index in [0.717, 1.165) is 65.4 Å².